The van der Waals surface area contributed by atoms with Crippen LogP contribution in [0.4, 0.5) is 0 Å². The number of hydrogen-bond acceptors (Lipinski definition) is 3. The highest BCUT2D eigenvalue weighted by molar-refractivity contribution is 5.78. The fraction of sp³-hybridized carbons (Fsp3) is 0.929. The predicted octanol–water partition coefficient (Wildman–Crippen LogP) is 2.22. The molecule has 1 saturated heterocycles. The molecule has 3 atom stereocenters. The van der Waals surface area contributed by atoms with Crippen LogP contribution in [0.25, 0.3) is 0 Å². The highest BCUT2D eigenvalue weighted by atomic mass is 16.4. The minimum absolute atomic E-state index is 0.493. The number of rotatable bonds is 6. The average molecular weight is 256 g/mol. The molecule has 106 valence electrons. The van der Waals surface area contributed by atoms with Crippen LogP contribution >= 0.6 is 0 Å². The highest BCUT2D eigenvalue weighted by Gasteiger charge is 2.32. The predicted molar refractivity (Wildman–Crippen MR) is 73.6 cm³/mol. The smallest absolute Gasteiger partial charge is 0.323 e. The van der Waals surface area contributed by atoms with Crippen LogP contribution in [0.1, 0.15) is 59.3 Å². The maximum Gasteiger partial charge on any atom is 0.323 e. The highest BCUT2D eigenvalue weighted by Crippen LogP contribution is 2.24. The summed E-state index contributed by atoms with van der Waals surface area (Å²) < 4.78 is 0. The van der Waals surface area contributed by atoms with Crippen LogP contribution in [0, 0.1) is 0 Å². The number of carbonyl (C=O) groups is 1. The molecule has 0 aromatic heterocycles. The van der Waals surface area contributed by atoms with Crippen molar-refractivity contribution in [2.75, 3.05) is 6.54 Å². The molecule has 0 aliphatic carbocycles. The van der Waals surface area contributed by atoms with Gasteiger partial charge in [0.25, 0.3) is 0 Å². The summed E-state index contributed by atoms with van der Waals surface area (Å²) in [6.45, 7) is 7.35. The second-order valence-electron chi connectivity index (χ2n) is 5.79. The minimum Gasteiger partial charge on any atom is -0.480 e. The molecule has 0 aromatic rings. The Morgan fingerprint density at radius 2 is 1.94 bits per heavy atom. The number of hydrogen-bond donors (Lipinski definition) is 2. The van der Waals surface area contributed by atoms with Gasteiger partial charge in [0.2, 0.25) is 0 Å². The van der Waals surface area contributed by atoms with E-state index in [1.54, 1.807) is 0 Å². The number of likely N-dealkylation sites (tertiary alicyclic amines) is 1. The number of carboxylic acid groups (broad SMARTS) is 1. The molecule has 0 amide bonds. The normalized spacial score (nSPS) is 28.9. The van der Waals surface area contributed by atoms with Crippen molar-refractivity contribution < 1.29 is 9.90 Å². The summed E-state index contributed by atoms with van der Waals surface area (Å²) in [6, 6.07) is 1.24. The minimum atomic E-state index is -1.04. The first-order chi connectivity index (χ1) is 8.40. The fourth-order valence-electron chi connectivity index (χ4n) is 2.93. The summed E-state index contributed by atoms with van der Waals surface area (Å²) in [4.78, 5) is 13.6. The zero-order chi connectivity index (χ0) is 13.8. The molecular weight excluding hydrogens is 228 g/mol. The largest absolute Gasteiger partial charge is 0.480 e. The van der Waals surface area contributed by atoms with Crippen LogP contribution in [-0.4, -0.2) is 40.1 Å². The number of carboxylic acids is 1. The summed E-state index contributed by atoms with van der Waals surface area (Å²) in [7, 11) is 0. The van der Waals surface area contributed by atoms with E-state index in [1.165, 1.54) is 19.3 Å². The molecule has 1 aliphatic heterocycles. The van der Waals surface area contributed by atoms with Gasteiger partial charge in [-0.1, -0.05) is 13.3 Å². The Hall–Kier alpha value is -0.610. The molecule has 1 rings (SSSR count). The van der Waals surface area contributed by atoms with Crippen molar-refractivity contribution in [1.29, 1.82) is 0 Å². The van der Waals surface area contributed by atoms with E-state index in [4.69, 9.17) is 10.8 Å². The Balaban J connectivity index is 2.42. The van der Waals surface area contributed by atoms with E-state index >= 15 is 0 Å². The Bertz CT molecular complexity index is 273. The first-order valence-corrected chi connectivity index (χ1v) is 7.18. The third-order valence-electron chi connectivity index (χ3n) is 4.47. The van der Waals surface area contributed by atoms with E-state index in [1.807, 2.05) is 6.92 Å². The van der Waals surface area contributed by atoms with Gasteiger partial charge in [-0.3, -0.25) is 9.69 Å². The molecule has 0 saturated carbocycles. The quantitative estimate of drug-likeness (QED) is 0.764. The maximum absolute atomic E-state index is 11.1. The van der Waals surface area contributed by atoms with E-state index in [0.29, 0.717) is 24.9 Å². The fourth-order valence-corrected chi connectivity index (χ4v) is 2.93. The molecule has 1 fully saturated rings. The zero-order valence-corrected chi connectivity index (χ0v) is 12.0. The van der Waals surface area contributed by atoms with Crippen LogP contribution in [0.3, 0.4) is 0 Å². The number of aliphatic carboxylic acids is 1. The molecule has 4 nitrogen and oxygen atoms in total. The first kappa shape index (κ1) is 15.4. The SMILES string of the molecule is CCC(N)(CCCN1[C@H](C)CCC[C@@H]1C)C(=O)O. The van der Waals surface area contributed by atoms with Gasteiger partial charge in [-0.05, 0) is 52.5 Å². The molecule has 4 heteroatoms. The molecule has 18 heavy (non-hydrogen) atoms. The summed E-state index contributed by atoms with van der Waals surface area (Å²) in [5, 5.41) is 9.13. The molecule has 0 radical (unpaired) electrons. The van der Waals surface area contributed by atoms with Crippen molar-refractivity contribution in [3.05, 3.63) is 0 Å². The maximum atomic E-state index is 11.1. The molecule has 3 N–H and O–H groups in total. The Morgan fingerprint density at radius 1 is 1.39 bits per heavy atom. The van der Waals surface area contributed by atoms with Gasteiger partial charge in [-0.25, -0.2) is 0 Å². The monoisotopic (exact) mass is 256 g/mol. The lowest BCUT2D eigenvalue weighted by molar-refractivity contribution is -0.143. The number of nitrogens with two attached hydrogens (primary N) is 1. The van der Waals surface area contributed by atoms with Crippen LogP contribution in [-0.2, 0) is 4.79 Å². The van der Waals surface area contributed by atoms with Gasteiger partial charge >= 0.3 is 5.97 Å². The van der Waals surface area contributed by atoms with E-state index in [2.05, 4.69) is 18.7 Å². The van der Waals surface area contributed by atoms with Gasteiger partial charge in [0.05, 0.1) is 0 Å². The van der Waals surface area contributed by atoms with Gasteiger partial charge in [-0.15, -0.1) is 0 Å². The molecule has 0 spiro atoms. The first-order valence-electron chi connectivity index (χ1n) is 7.18. The van der Waals surface area contributed by atoms with Crippen molar-refractivity contribution in [2.45, 2.75) is 76.9 Å². The zero-order valence-electron chi connectivity index (χ0n) is 12.0. The molecular formula is C14H28N2O2. The third-order valence-corrected chi connectivity index (χ3v) is 4.47. The number of piperidine rings is 1. The van der Waals surface area contributed by atoms with Crippen LogP contribution in [0.5, 0.6) is 0 Å². The second kappa shape index (κ2) is 6.53. The van der Waals surface area contributed by atoms with E-state index < -0.39 is 11.5 Å². The summed E-state index contributed by atoms with van der Waals surface area (Å²) in [6.07, 6.45) is 5.74. The Kier molecular flexibility index (Phi) is 5.60. The Morgan fingerprint density at radius 3 is 2.39 bits per heavy atom. The molecule has 0 bridgehead atoms. The average Bonchev–Trinajstić information content (AvgIpc) is 2.32. The standard InChI is InChI=1S/C14H28N2O2/c1-4-14(15,13(17)18)9-6-10-16-11(2)7-5-8-12(16)3/h11-12H,4-10,15H2,1-3H3,(H,17,18)/t11-,12+,14?. The lowest BCUT2D eigenvalue weighted by atomic mass is 9.90. The van der Waals surface area contributed by atoms with Crippen LogP contribution in [0.15, 0.2) is 0 Å². The van der Waals surface area contributed by atoms with Crippen molar-refractivity contribution >= 4 is 5.97 Å². The summed E-state index contributed by atoms with van der Waals surface area (Å²) >= 11 is 0. The van der Waals surface area contributed by atoms with Gasteiger partial charge < -0.3 is 10.8 Å². The van der Waals surface area contributed by atoms with Crippen LogP contribution < -0.4 is 5.73 Å². The van der Waals surface area contributed by atoms with Gasteiger partial charge in [0.15, 0.2) is 0 Å². The molecule has 1 heterocycles. The van der Waals surface area contributed by atoms with Crippen molar-refractivity contribution in [1.82, 2.24) is 4.90 Å². The van der Waals surface area contributed by atoms with E-state index in [-0.39, 0.29) is 0 Å². The third kappa shape index (κ3) is 3.69. The topological polar surface area (TPSA) is 66.6 Å². The summed E-state index contributed by atoms with van der Waals surface area (Å²) in [5.74, 6) is -0.871. The van der Waals surface area contributed by atoms with E-state index in [9.17, 15) is 4.79 Å². The number of nitrogens with zero attached hydrogens (tertiary/aromatic N) is 1. The molecule has 1 unspecified atom stereocenters. The van der Waals surface area contributed by atoms with Gasteiger partial charge in [0, 0.05) is 12.1 Å². The van der Waals surface area contributed by atoms with Crippen molar-refractivity contribution in [3.63, 3.8) is 0 Å². The lowest BCUT2D eigenvalue weighted by Crippen LogP contribution is -2.49. The second-order valence-corrected chi connectivity index (χ2v) is 5.79. The summed E-state index contributed by atoms with van der Waals surface area (Å²) in [5.41, 5.74) is 4.87. The van der Waals surface area contributed by atoms with Crippen molar-refractivity contribution in [3.8, 4) is 0 Å². The van der Waals surface area contributed by atoms with Crippen LogP contribution in [0.2, 0.25) is 0 Å². The lowest BCUT2D eigenvalue weighted by Gasteiger charge is -2.39. The van der Waals surface area contributed by atoms with Crippen molar-refractivity contribution in [2.24, 2.45) is 5.73 Å². The van der Waals surface area contributed by atoms with E-state index in [0.717, 1.165) is 13.0 Å². The molecule has 0 aromatic carbocycles. The van der Waals surface area contributed by atoms with Gasteiger partial charge in [-0.2, -0.15) is 0 Å². The Labute approximate surface area is 111 Å². The van der Waals surface area contributed by atoms with Gasteiger partial charge in [0.1, 0.15) is 5.54 Å². The molecule has 1 aliphatic rings.